The number of carboxylic acid groups (broad SMARTS) is 1. The van der Waals surface area contributed by atoms with Gasteiger partial charge in [0.2, 0.25) is 5.78 Å². The highest BCUT2D eigenvalue weighted by Crippen LogP contribution is 2.20. The maximum absolute atomic E-state index is 12.6. The molecule has 0 atom stereocenters. The smallest absolute Gasteiger partial charge is 0.303 e. The van der Waals surface area contributed by atoms with E-state index in [1.165, 1.54) is 5.69 Å². The van der Waals surface area contributed by atoms with E-state index in [4.69, 9.17) is 5.11 Å². The van der Waals surface area contributed by atoms with Gasteiger partial charge in [-0.1, -0.05) is 44.5 Å². The summed E-state index contributed by atoms with van der Waals surface area (Å²) in [5.74, 6) is -0.574. The van der Waals surface area contributed by atoms with Gasteiger partial charge in [0.05, 0.1) is 5.69 Å². The van der Waals surface area contributed by atoms with Crippen molar-refractivity contribution in [1.82, 2.24) is 4.57 Å². The Kier molecular flexibility index (Phi) is 8.12. The molecule has 2 aromatic rings. The number of carbonyl (C=O) groups is 2. The first-order chi connectivity index (χ1) is 11.8. The lowest BCUT2D eigenvalue weighted by atomic mass is 10.0. The van der Waals surface area contributed by atoms with E-state index in [0.29, 0.717) is 6.42 Å². The molecule has 0 aliphatic rings. The van der Waals surface area contributed by atoms with Crippen molar-refractivity contribution in [2.45, 2.75) is 53.4 Å². The van der Waals surface area contributed by atoms with E-state index in [2.05, 4.69) is 13.0 Å². The number of rotatable bonds is 6. The molecule has 2 rings (SSSR count). The summed E-state index contributed by atoms with van der Waals surface area (Å²) in [5, 5.41) is 8.04. The molecule has 0 aliphatic carbocycles. The van der Waals surface area contributed by atoms with Crippen molar-refractivity contribution in [3.63, 3.8) is 0 Å². The van der Waals surface area contributed by atoms with Gasteiger partial charge in [-0.25, -0.2) is 0 Å². The number of ketones is 1. The zero-order valence-electron chi connectivity index (χ0n) is 15.9. The van der Waals surface area contributed by atoms with Gasteiger partial charge in [0.25, 0.3) is 0 Å². The van der Waals surface area contributed by atoms with Crippen molar-refractivity contribution in [2.75, 3.05) is 0 Å². The second kappa shape index (κ2) is 9.82. The Morgan fingerprint density at radius 1 is 1.08 bits per heavy atom. The number of aliphatic carboxylic acids is 1. The largest absolute Gasteiger partial charge is 0.481 e. The summed E-state index contributed by atoms with van der Waals surface area (Å²) in [6.45, 7) is 8.07. The molecule has 136 valence electrons. The molecular weight excluding hydrogens is 314 g/mol. The number of carbonyl (C=O) groups excluding carboxylic acids is 1. The highest BCUT2D eigenvalue weighted by Gasteiger charge is 2.18. The van der Waals surface area contributed by atoms with Crippen LogP contribution >= 0.6 is 0 Å². The van der Waals surface area contributed by atoms with Crippen LogP contribution in [0.15, 0.2) is 30.3 Å². The number of hydrogen-bond acceptors (Lipinski definition) is 2. The molecule has 0 unspecified atom stereocenters. The molecule has 1 aromatic carbocycles. The van der Waals surface area contributed by atoms with Crippen molar-refractivity contribution in [3.05, 3.63) is 58.4 Å². The van der Waals surface area contributed by atoms with E-state index in [9.17, 15) is 9.59 Å². The zero-order chi connectivity index (χ0) is 19.0. The Balaban J connectivity index is 0.000000381. The molecular formula is C21H29NO3. The zero-order valence-corrected chi connectivity index (χ0v) is 15.9. The number of carboxylic acids is 1. The normalized spacial score (nSPS) is 10.1. The fourth-order valence-corrected chi connectivity index (χ4v) is 2.78. The van der Waals surface area contributed by atoms with Crippen LogP contribution in [0.3, 0.4) is 0 Å². The molecule has 0 aliphatic heterocycles. The molecule has 0 radical (unpaired) electrons. The predicted octanol–water partition coefficient (Wildman–Crippen LogP) is 4.70. The van der Waals surface area contributed by atoms with Crippen molar-refractivity contribution in [3.8, 4) is 0 Å². The summed E-state index contributed by atoms with van der Waals surface area (Å²) in [6, 6.07) is 9.86. The van der Waals surface area contributed by atoms with Crippen molar-refractivity contribution in [2.24, 2.45) is 7.05 Å². The average Bonchev–Trinajstić information content (AvgIpc) is 2.87. The second-order valence-electron chi connectivity index (χ2n) is 6.22. The maximum atomic E-state index is 12.6. The quantitative estimate of drug-likeness (QED) is 0.774. The molecule has 0 fully saturated rings. The Morgan fingerprint density at radius 3 is 2.16 bits per heavy atom. The Hall–Kier alpha value is -2.36. The topological polar surface area (TPSA) is 59.3 Å². The first-order valence-electron chi connectivity index (χ1n) is 8.80. The Labute approximate surface area is 150 Å². The number of benzene rings is 1. The number of aromatic nitrogens is 1. The van der Waals surface area contributed by atoms with Gasteiger partial charge in [-0.3, -0.25) is 9.59 Å². The third-order valence-electron chi connectivity index (χ3n) is 4.23. The van der Waals surface area contributed by atoms with Crippen molar-refractivity contribution in [1.29, 1.82) is 0 Å². The van der Waals surface area contributed by atoms with Gasteiger partial charge in [-0.05, 0) is 43.9 Å². The monoisotopic (exact) mass is 343 g/mol. The Morgan fingerprint density at radius 2 is 1.72 bits per heavy atom. The first-order valence-corrected chi connectivity index (χ1v) is 8.80. The van der Waals surface area contributed by atoms with Gasteiger partial charge < -0.3 is 9.67 Å². The van der Waals surface area contributed by atoms with E-state index in [1.807, 2.05) is 56.7 Å². The molecule has 1 N–H and O–H groups in total. The van der Waals surface area contributed by atoms with Gasteiger partial charge in [-0.15, -0.1) is 0 Å². The van der Waals surface area contributed by atoms with Gasteiger partial charge in [0.1, 0.15) is 0 Å². The average molecular weight is 343 g/mol. The van der Waals surface area contributed by atoms with Gasteiger partial charge in [-0.2, -0.15) is 0 Å². The predicted molar refractivity (Wildman–Crippen MR) is 101 cm³/mol. The lowest BCUT2D eigenvalue weighted by molar-refractivity contribution is -0.137. The van der Waals surface area contributed by atoms with Crippen LogP contribution < -0.4 is 0 Å². The van der Waals surface area contributed by atoms with E-state index >= 15 is 0 Å². The van der Waals surface area contributed by atoms with Crippen LogP contribution in [0.25, 0.3) is 0 Å². The molecule has 0 bridgehead atoms. The highest BCUT2D eigenvalue weighted by atomic mass is 16.4. The minimum atomic E-state index is -0.693. The van der Waals surface area contributed by atoms with Gasteiger partial charge >= 0.3 is 5.97 Å². The summed E-state index contributed by atoms with van der Waals surface area (Å²) < 4.78 is 2.02. The third-order valence-corrected chi connectivity index (χ3v) is 4.23. The number of unbranched alkanes of at least 4 members (excludes halogenated alkanes) is 1. The minimum absolute atomic E-state index is 0.118. The van der Waals surface area contributed by atoms with Crippen molar-refractivity contribution >= 4 is 11.8 Å². The van der Waals surface area contributed by atoms with E-state index in [0.717, 1.165) is 41.6 Å². The second-order valence-corrected chi connectivity index (χ2v) is 6.22. The van der Waals surface area contributed by atoms with E-state index in [1.54, 1.807) is 0 Å². The molecule has 25 heavy (non-hydrogen) atoms. The SMILES string of the molecule is CCCCC(=O)O.CCc1cc(C)c(C(=O)c2ccccc2C)n1C. The molecule has 4 heteroatoms. The third kappa shape index (κ3) is 5.59. The molecule has 0 amide bonds. The number of hydrogen-bond donors (Lipinski definition) is 1. The van der Waals surface area contributed by atoms with Crippen LogP contribution in [0, 0.1) is 13.8 Å². The summed E-state index contributed by atoms with van der Waals surface area (Å²) in [6.07, 6.45) is 3.02. The first kappa shape index (κ1) is 20.7. The lowest BCUT2D eigenvalue weighted by Gasteiger charge is -2.08. The van der Waals surface area contributed by atoms with Crippen LogP contribution in [0.4, 0.5) is 0 Å². The minimum Gasteiger partial charge on any atom is -0.481 e. The van der Waals surface area contributed by atoms with Gasteiger partial charge in [0.15, 0.2) is 0 Å². The summed E-state index contributed by atoms with van der Waals surface area (Å²) in [5.41, 5.74) is 4.89. The molecule has 1 heterocycles. The highest BCUT2D eigenvalue weighted by molar-refractivity contribution is 6.09. The Bertz CT molecular complexity index is 729. The van der Waals surface area contributed by atoms with E-state index in [-0.39, 0.29) is 5.78 Å². The molecule has 0 saturated heterocycles. The molecule has 4 nitrogen and oxygen atoms in total. The van der Waals surface area contributed by atoms with Crippen LogP contribution in [0.2, 0.25) is 0 Å². The lowest BCUT2D eigenvalue weighted by Crippen LogP contribution is -2.11. The van der Waals surface area contributed by atoms with Crippen LogP contribution in [0.1, 0.15) is 66.0 Å². The van der Waals surface area contributed by atoms with Gasteiger partial charge in [0, 0.05) is 24.7 Å². The molecule has 0 saturated carbocycles. The van der Waals surface area contributed by atoms with Crippen LogP contribution in [0.5, 0.6) is 0 Å². The maximum Gasteiger partial charge on any atom is 0.303 e. The summed E-state index contributed by atoms with van der Waals surface area (Å²) in [7, 11) is 1.97. The molecule has 1 aromatic heterocycles. The van der Waals surface area contributed by atoms with Crippen molar-refractivity contribution < 1.29 is 14.7 Å². The van der Waals surface area contributed by atoms with E-state index < -0.39 is 5.97 Å². The number of nitrogens with zero attached hydrogens (tertiary/aromatic N) is 1. The fraction of sp³-hybridized carbons (Fsp3) is 0.429. The number of aryl methyl sites for hydroxylation is 3. The molecule has 0 spiro atoms. The van der Waals surface area contributed by atoms with Crippen LogP contribution in [-0.4, -0.2) is 21.4 Å². The van der Waals surface area contributed by atoms with Crippen LogP contribution in [-0.2, 0) is 18.3 Å². The summed E-state index contributed by atoms with van der Waals surface area (Å²) >= 11 is 0. The standard InChI is InChI=1S/C16H19NO.C5H10O2/c1-5-13-10-12(3)15(17(13)4)16(18)14-9-7-6-8-11(14)2;1-2-3-4-5(6)7/h6-10H,5H2,1-4H3;2-4H2,1H3,(H,6,7). The summed E-state index contributed by atoms with van der Waals surface area (Å²) in [4.78, 5) is 22.4. The fourth-order valence-electron chi connectivity index (χ4n) is 2.78.